The minimum absolute atomic E-state index is 0.221. The van der Waals surface area contributed by atoms with Crippen molar-refractivity contribution in [2.24, 2.45) is 16.5 Å². The largest absolute Gasteiger partial charge is 0.456 e. The number of rotatable bonds is 6. The molecule has 194 valence electrons. The molecule has 3 rings (SSSR count). The molecule has 7 heteroatoms. The molecule has 0 aliphatic heterocycles. The maximum Gasteiger partial charge on any atom is 0.339 e. The third-order valence-electron chi connectivity index (χ3n) is 5.36. The number of carbonyl (C=O) groups is 2. The number of benzene rings is 3. The highest BCUT2D eigenvalue weighted by Gasteiger charge is 2.43. The van der Waals surface area contributed by atoms with E-state index in [1.165, 1.54) is 0 Å². The van der Waals surface area contributed by atoms with Gasteiger partial charge in [-0.05, 0) is 59.2 Å². The summed E-state index contributed by atoms with van der Waals surface area (Å²) in [6.45, 7) is 10.8. The Labute approximate surface area is 218 Å². The fourth-order valence-electron chi connectivity index (χ4n) is 4.13. The standard InChI is InChI=1S/C30H35N3O4/c1-28(2,3)36-25(34)21-16-10-12-18-23(21)30(33-27(31)32,20-14-8-7-9-15-20)24-19-13-11-17-22(24)26(35)37-29(4,5)6/h7-19H,1-6H3,(H4,31,32,33). The van der Waals surface area contributed by atoms with Crippen molar-refractivity contribution in [2.45, 2.75) is 58.3 Å². The van der Waals surface area contributed by atoms with E-state index in [4.69, 9.17) is 25.9 Å². The van der Waals surface area contributed by atoms with Gasteiger partial charge in [0.25, 0.3) is 0 Å². The van der Waals surface area contributed by atoms with Crippen molar-refractivity contribution in [1.29, 1.82) is 0 Å². The van der Waals surface area contributed by atoms with E-state index in [1.54, 1.807) is 90.1 Å². The average Bonchev–Trinajstić information content (AvgIpc) is 2.81. The molecule has 0 aliphatic rings. The number of guanidine groups is 1. The van der Waals surface area contributed by atoms with Crippen molar-refractivity contribution in [3.05, 3.63) is 107 Å². The van der Waals surface area contributed by atoms with Crippen LogP contribution in [0.3, 0.4) is 0 Å². The van der Waals surface area contributed by atoms with Crippen molar-refractivity contribution in [2.75, 3.05) is 0 Å². The number of hydrogen-bond acceptors (Lipinski definition) is 5. The normalized spacial score (nSPS) is 11.9. The maximum atomic E-state index is 13.5. The maximum absolute atomic E-state index is 13.5. The number of esters is 2. The van der Waals surface area contributed by atoms with Gasteiger partial charge in [0, 0.05) is 11.1 Å². The van der Waals surface area contributed by atoms with Crippen LogP contribution in [0.5, 0.6) is 0 Å². The van der Waals surface area contributed by atoms with E-state index >= 15 is 0 Å². The summed E-state index contributed by atoms with van der Waals surface area (Å²) in [6.07, 6.45) is 0. The van der Waals surface area contributed by atoms with E-state index in [2.05, 4.69) is 0 Å². The van der Waals surface area contributed by atoms with E-state index < -0.39 is 28.7 Å². The number of nitrogens with two attached hydrogens (primary N) is 2. The summed E-state index contributed by atoms with van der Waals surface area (Å²) in [6, 6.07) is 23.2. The number of nitrogens with zero attached hydrogens (tertiary/aromatic N) is 1. The van der Waals surface area contributed by atoms with Crippen molar-refractivity contribution in [1.82, 2.24) is 0 Å². The summed E-state index contributed by atoms with van der Waals surface area (Å²) < 4.78 is 11.5. The lowest BCUT2D eigenvalue weighted by atomic mass is 9.74. The first-order valence-electron chi connectivity index (χ1n) is 12.1. The van der Waals surface area contributed by atoms with Crippen LogP contribution in [0.15, 0.2) is 83.9 Å². The molecule has 3 aromatic carbocycles. The highest BCUT2D eigenvalue weighted by atomic mass is 16.6. The number of hydrogen-bond donors (Lipinski definition) is 2. The van der Waals surface area contributed by atoms with Gasteiger partial charge in [-0.15, -0.1) is 0 Å². The van der Waals surface area contributed by atoms with E-state index in [1.807, 2.05) is 30.3 Å². The molecule has 0 saturated carbocycles. The van der Waals surface area contributed by atoms with Gasteiger partial charge < -0.3 is 20.9 Å². The second-order valence-electron chi connectivity index (χ2n) is 10.7. The zero-order chi connectivity index (χ0) is 27.4. The van der Waals surface area contributed by atoms with Crippen molar-refractivity contribution in [3.8, 4) is 0 Å². The van der Waals surface area contributed by atoms with Gasteiger partial charge in [-0.25, -0.2) is 14.6 Å². The monoisotopic (exact) mass is 501 g/mol. The van der Waals surface area contributed by atoms with Crippen molar-refractivity contribution < 1.29 is 19.1 Å². The Morgan fingerprint density at radius 2 is 1.00 bits per heavy atom. The lowest BCUT2D eigenvalue weighted by molar-refractivity contribution is 0.00575. The molecule has 0 unspecified atom stereocenters. The Morgan fingerprint density at radius 3 is 1.38 bits per heavy atom. The first-order chi connectivity index (χ1) is 17.2. The molecule has 0 fully saturated rings. The van der Waals surface area contributed by atoms with Gasteiger partial charge in [0.15, 0.2) is 5.96 Å². The summed E-state index contributed by atoms with van der Waals surface area (Å²) in [5.74, 6) is -1.30. The van der Waals surface area contributed by atoms with Crippen LogP contribution in [-0.2, 0) is 15.0 Å². The van der Waals surface area contributed by atoms with Crippen LogP contribution < -0.4 is 11.5 Å². The molecule has 0 saturated heterocycles. The van der Waals surface area contributed by atoms with Gasteiger partial charge in [-0.2, -0.15) is 0 Å². The molecule has 0 bridgehead atoms. The SMILES string of the molecule is CC(C)(C)OC(=O)c1ccccc1C(N=C(N)N)(c1ccccc1)c1ccccc1C(=O)OC(C)(C)C. The van der Waals surface area contributed by atoms with Gasteiger partial charge in [-0.3, -0.25) is 0 Å². The average molecular weight is 502 g/mol. The van der Waals surface area contributed by atoms with Gasteiger partial charge in [-0.1, -0.05) is 66.7 Å². The number of ether oxygens (including phenoxy) is 2. The van der Waals surface area contributed by atoms with Crippen LogP contribution in [0, 0.1) is 0 Å². The van der Waals surface area contributed by atoms with E-state index in [-0.39, 0.29) is 17.1 Å². The fourth-order valence-corrected chi connectivity index (χ4v) is 4.13. The van der Waals surface area contributed by atoms with E-state index in [0.29, 0.717) is 16.7 Å². The van der Waals surface area contributed by atoms with Crippen LogP contribution in [0.2, 0.25) is 0 Å². The zero-order valence-electron chi connectivity index (χ0n) is 22.2. The fraction of sp³-hybridized carbons (Fsp3) is 0.300. The summed E-state index contributed by atoms with van der Waals surface area (Å²) in [5.41, 5.74) is 11.3. The Hall–Kier alpha value is -4.13. The predicted molar refractivity (Wildman–Crippen MR) is 145 cm³/mol. The van der Waals surface area contributed by atoms with Crippen molar-refractivity contribution in [3.63, 3.8) is 0 Å². The highest BCUT2D eigenvalue weighted by Crippen LogP contribution is 2.44. The molecule has 0 amide bonds. The number of aliphatic imine (C=N–C) groups is 1. The lowest BCUT2D eigenvalue weighted by Crippen LogP contribution is -2.37. The molecule has 0 atom stereocenters. The molecule has 0 spiro atoms. The molecule has 4 N–H and O–H groups in total. The van der Waals surface area contributed by atoms with Gasteiger partial charge in [0.1, 0.15) is 16.7 Å². The van der Waals surface area contributed by atoms with Crippen LogP contribution in [-0.4, -0.2) is 29.1 Å². The second-order valence-corrected chi connectivity index (χ2v) is 10.7. The first kappa shape index (κ1) is 27.5. The third-order valence-corrected chi connectivity index (χ3v) is 5.36. The topological polar surface area (TPSA) is 117 Å². The molecule has 7 nitrogen and oxygen atoms in total. The molecule has 37 heavy (non-hydrogen) atoms. The summed E-state index contributed by atoms with van der Waals surface area (Å²) in [7, 11) is 0. The molecule has 3 aromatic rings. The minimum Gasteiger partial charge on any atom is -0.456 e. The van der Waals surface area contributed by atoms with E-state index in [9.17, 15) is 9.59 Å². The molecule has 0 aliphatic carbocycles. The quantitative estimate of drug-likeness (QED) is 0.208. The Balaban J connectivity index is 2.46. The molecule has 0 heterocycles. The highest BCUT2D eigenvalue weighted by molar-refractivity contribution is 5.95. The lowest BCUT2D eigenvalue weighted by Gasteiger charge is -2.35. The molecular weight excluding hydrogens is 466 g/mol. The third kappa shape index (κ3) is 6.36. The Bertz CT molecular complexity index is 1230. The second kappa shape index (κ2) is 10.5. The van der Waals surface area contributed by atoms with Crippen LogP contribution in [0.25, 0.3) is 0 Å². The molecule has 0 aromatic heterocycles. The predicted octanol–water partition coefficient (Wildman–Crippen LogP) is 5.16. The summed E-state index contributed by atoms with van der Waals surface area (Å²) >= 11 is 0. The van der Waals surface area contributed by atoms with Gasteiger partial charge in [0.2, 0.25) is 0 Å². The van der Waals surface area contributed by atoms with Crippen LogP contribution >= 0.6 is 0 Å². The minimum atomic E-state index is -1.47. The van der Waals surface area contributed by atoms with Crippen molar-refractivity contribution >= 4 is 17.9 Å². The molecular formula is C30H35N3O4. The van der Waals surface area contributed by atoms with E-state index in [0.717, 1.165) is 0 Å². The smallest absolute Gasteiger partial charge is 0.339 e. The molecule has 0 radical (unpaired) electrons. The zero-order valence-corrected chi connectivity index (χ0v) is 22.2. The Morgan fingerprint density at radius 1 is 0.622 bits per heavy atom. The number of carbonyl (C=O) groups excluding carboxylic acids is 2. The summed E-state index contributed by atoms with van der Waals surface area (Å²) in [5, 5.41) is 0. The van der Waals surface area contributed by atoms with Gasteiger partial charge in [0.05, 0.1) is 11.1 Å². The first-order valence-corrected chi connectivity index (χ1v) is 12.1. The van der Waals surface area contributed by atoms with Crippen LogP contribution in [0.4, 0.5) is 0 Å². The Kier molecular flexibility index (Phi) is 7.77. The van der Waals surface area contributed by atoms with Gasteiger partial charge >= 0.3 is 11.9 Å². The van der Waals surface area contributed by atoms with Crippen LogP contribution in [0.1, 0.15) is 78.9 Å². The summed E-state index contributed by atoms with van der Waals surface area (Å²) in [4.78, 5) is 31.7.